The number of hydrogen-bond donors (Lipinski definition) is 0. The van der Waals surface area contributed by atoms with Crippen molar-refractivity contribution in [1.82, 2.24) is 4.98 Å². The van der Waals surface area contributed by atoms with Crippen molar-refractivity contribution in [3.8, 4) is 0 Å². The van der Waals surface area contributed by atoms with Gasteiger partial charge in [-0.1, -0.05) is 0 Å². The van der Waals surface area contributed by atoms with Crippen LogP contribution in [0.25, 0.3) is 0 Å². The molecule has 0 fully saturated rings. The Bertz CT molecular complexity index is 264. The molecule has 0 atom stereocenters. The molecule has 0 aliphatic carbocycles. The summed E-state index contributed by atoms with van der Waals surface area (Å²) in [5.74, 6) is 0. The largest absolute Gasteiger partial charge is 0.296 e. The van der Waals surface area contributed by atoms with Crippen LogP contribution in [0.4, 0.5) is 0 Å². The zero-order valence-corrected chi connectivity index (χ0v) is 8.59. The predicted octanol–water partition coefficient (Wildman–Crippen LogP) is 2.26. The van der Waals surface area contributed by atoms with Crippen molar-refractivity contribution in [2.24, 2.45) is 0 Å². The summed E-state index contributed by atoms with van der Waals surface area (Å²) >= 11 is 5.23. The third kappa shape index (κ3) is 1.76. The first-order chi connectivity index (χ1) is 4.74. The van der Waals surface area contributed by atoms with Gasteiger partial charge in [-0.3, -0.25) is 4.79 Å². The van der Waals surface area contributed by atoms with Crippen LogP contribution in [0.15, 0.2) is 16.7 Å². The van der Waals surface area contributed by atoms with Gasteiger partial charge in [-0.05, 0) is 50.7 Å². The summed E-state index contributed by atoms with van der Waals surface area (Å²) in [5.41, 5.74) is 0.481. The van der Waals surface area contributed by atoms with Crippen LogP contribution in [0.3, 0.4) is 0 Å². The fraction of sp³-hybridized carbons (Fsp3) is 0. The summed E-state index contributed by atoms with van der Waals surface area (Å²) in [6, 6.07) is 3.64. The summed E-state index contributed by atoms with van der Waals surface area (Å²) in [5, 5.41) is 0. The van der Waals surface area contributed by atoms with Crippen LogP contribution in [0.1, 0.15) is 10.5 Å². The van der Waals surface area contributed by atoms with Crippen molar-refractivity contribution >= 4 is 44.8 Å². The third-order valence-electron chi connectivity index (χ3n) is 0.951. The number of nitrogens with zero attached hydrogens (tertiary/aromatic N) is 1. The van der Waals surface area contributed by atoms with Gasteiger partial charge in [-0.25, -0.2) is 4.98 Å². The van der Waals surface area contributed by atoms with E-state index < -0.39 is 0 Å². The molecule has 10 heavy (non-hydrogen) atoms. The van der Waals surface area contributed by atoms with Gasteiger partial charge in [0.05, 0.1) is 0 Å². The number of rotatable bonds is 1. The zero-order chi connectivity index (χ0) is 7.56. The SMILES string of the molecule is O=Cc1nc(Br)ccc1I. The van der Waals surface area contributed by atoms with E-state index in [0.29, 0.717) is 10.3 Å². The molecule has 1 aromatic heterocycles. The molecule has 0 aliphatic rings. The van der Waals surface area contributed by atoms with Gasteiger partial charge in [-0.15, -0.1) is 0 Å². The molecule has 2 nitrogen and oxygen atoms in total. The molecule has 0 saturated heterocycles. The van der Waals surface area contributed by atoms with Gasteiger partial charge >= 0.3 is 0 Å². The monoisotopic (exact) mass is 311 g/mol. The number of hydrogen-bond acceptors (Lipinski definition) is 2. The molecule has 52 valence electrons. The minimum absolute atomic E-state index is 0.481. The minimum Gasteiger partial charge on any atom is -0.296 e. The van der Waals surface area contributed by atoms with E-state index in [4.69, 9.17) is 0 Å². The van der Waals surface area contributed by atoms with Gasteiger partial charge < -0.3 is 0 Å². The van der Waals surface area contributed by atoms with Crippen molar-refractivity contribution in [2.75, 3.05) is 0 Å². The lowest BCUT2D eigenvalue weighted by atomic mass is 10.4. The summed E-state index contributed by atoms with van der Waals surface area (Å²) in [7, 11) is 0. The molecule has 0 aromatic carbocycles. The number of carbonyl (C=O) groups excluding carboxylic acids is 1. The Hall–Kier alpha value is 0.0300. The van der Waals surface area contributed by atoms with Crippen LogP contribution in [0.5, 0.6) is 0 Å². The maximum absolute atomic E-state index is 10.3. The Morgan fingerprint density at radius 1 is 1.60 bits per heavy atom. The van der Waals surface area contributed by atoms with E-state index in [0.717, 1.165) is 9.86 Å². The number of aldehydes is 1. The quantitative estimate of drug-likeness (QED) is 0.452. The molecule has 1 heterocycles. The van der Waals surface area contributed by atoms with Crippen molar-refractivity contribution in [3.05, 3.63) is 26.0 Å². The maximum atomic E-state index is 10.3. The van der Waals surface area contributed by atoms with Crippen LogP contribution >= 0.6 is 38.5 Å². The van der Waals surface area contributed by atoms with E-state index in [1.807, 2.05) is 6.07 Å². The van der Waals surface area contributed by atoms with Gasteiger partial charge in [0.1, 0.15) is 10.3 Å². The van der Waals surface area contributed by atoms with Gasteiger partial charge in [0.2, 0.25) is 0 Å². The van der Waals surface area contributed by atoms with E-state index in [2.05, 4.69) is 43.5 Å². The molecule has 0 unspecified atom stereocenters. The Morgan fingerprint density at radius 2 is 2.30 bits per heavy atom. The first-order valence-corrected chi connectivity index (χ1v) is 4.38. The molecular weight excluding hydrogens is 309 g/mol. The zero-order valence-electron chi connectivity index (χ0n) is 4.84. The smallest absolute Gasteiger partial charge is 0.169 e. The second-order valence-corrected chi connectivity index (χ2v) is 3.59. The predicted molar refractivity (Wildman–Crippen MR) is 50.0 cm³/mol. The van der Waals surface area contributed by atoms with Crippen LogP contribution in [-0.4, -0.2) is 11.3 Å². The van der Waals surface area contributed by atoms with Crippen molar-refractivity contribution in [3.63, 3.8) is 0 Å². The molecule has 0 saturated carbocycles. The second-order valence-electron chi connectivity index (χ2n) is 1.62. The highest BCUT2D eigenvalue weighted by Crippen LogP contribution is 2.12. The van der Waals surface area contributed by atoms with Crippen LogP contribution in [0, 0.1) is 3.57 Å². The molecule has 0 aliphatic heterocycles. The minimum atomic E-state index is 0.481. The highest BCUT2D eigenvalue weighted by Gasteiger charge is 1.98. The van der Waals surface area contributed by atoms with Gasteiger partial charge in [0.25, 0.3) is 0 Å². The van der Waals surface area contributed by atoms with Crippen LogP contribution in [0.2, 0.25) is 0 Å². The maximum Gasteiger partial charge on any atom is 0.169 e. The van der Waals surface area contributed by atoms with Gasteiger partial charge in [-0.2, -0.15) is 0 Å². The first-order valence-electron chi connectivity index (χ1n) is 2.51. The Kier molecular flexibility index (Phi) is 2.79. The number of carbonyl (C=O) groups is 1. The standard InChI is InChI=1S/C6H3BrINO/c7-6-2-1-4(8)5(3-10)9-6/h1-3H. The Balaban J connectivity index is 3.21. The van der Waals surface area contributed by atoms with Gasteiger partial charge in [0.15, 0.2) is 6.29 Å². The van der Waals surface area contributed by atoms with Crippen molar-refractivity contribution < 1.29 is 4.79 Å². The normalized spacial score (nSPS) is 9.40. The molecule has 0 amide bonds. The summed E-state index contributed by atoms with van der Waals surface area (Å²) in [4.78, 5) is 14.2. The number of halogens is 2. The Morgan fingerprint density at radius 3 is 2.80 bits per heavy atom. The summed E-state index contributed by atoms with van der Waals surface area (Å²) in [6.45, 7) is 0. The molecular formula is C6H3BrINO. The fourth-order valence-corrected chi connectivity index (χ4v) is 1.27. The summed E-state index contributed by atoms with van der Waals surface area (Å²) in [6.07, 6.45) is 0.743. The molecule has 4 heteroatoms. The van der Waals surface area contributed by atoms with E-state index in [1.54, 1.807) is 6.07 Å². The molecule has 0 spiro atoms. The van der Waals surface area contributed by atoms with E-state index in [9.17, 15) is 4.79 Å². The van der Waals surface area contributed by atoms with E-state index >= 15 is 0 Å². The van der Waals surface area contributed by atoms with E-state index in [1.165, 1.54) is 0 Å². The molecule has 0 bridgehead atoms. The first kappa shape index (κ1) is 8.13. The third-order valence-corrected chi connectivity index (χ3v) is 2.30. The highest BCUT2D eigenvalue weighted by atomic mass is 127. The average molecular weight is 312 g/mol. The number of aromatic nitrogens is 1. The highest BCUT2D eigenvalue weighted by molar-refractivity contribution is 14.1. The number of pyridine rings is 1. The topological polar surface area (TPSA) is 30.0 Å². The van der Waals surface area contributed by atoms with Gasteiger partial charge in [0, 0.05) is 3.57 Å². The lowest BCUT2D eigenvalue weighted by molar-refractivity contribution is 0.111. The van der Waals surface area contributed by atoms with Crippen molar-refractivity contribution in [1.29, 1.82) is 0 Å². The van der Waals surface area contributed by atoms with E-state index in [-0.39, 0.29) is 0 Å². The second kappa shape index (κ2) is 3.43. The molecule has 1 rings (SSSR count). The lowest BCUT2D eigenvalue weighted by Crippen LogP contribution is -1.90. The van der Waals surface area contributed by atoms with Crippen LogP contribution < -0.4 is 0 Å². The molecule has 0 radical (unpaired) electrons. The Labute approximate surface area is 80.3 Å². The van der Waals surface area contributed by atoms with Crippen LogP contribution in [-0.2, 0) is 0 Å². The summed E-state index contributed by atoms with van der Waals surface area (Å²) < 4.78 is 1.56. The lowest BCUT2D eigenvalue weighted by Gasteiger charge is -1.93. The molecule has 0 N–H and O–H groups in total. The molecule has 1 aromatic rings. The fourth-order valence-electron chi connectivity index (χ4n) is 0.516. The average Bonchev–Trinajstić information content (AvgIpc) is 1.94. The van der Waals surface area contributed by atoms with Crippen molar-refractivity contribution in [2.45, 2.75) is 0 Å².